The molecular formula is C11H13NO. The quantitative estimate of drug-likeness (QED) is 0.644. The summed E-state index contributed by atoms with van der Waals surface area (Å²) in [7, 11) is 1.65. The molecule has 1 aromatic rings. The maximum atomic E-state index is 6.77. The van der Waals surface area contributed by atoms with Crippen LogP contribution in [0.2, 0.25) is 0 Å². The Morgan fingerprint density at radius 1 is 1.54 bits per heavy atom. The van der Waals surface area contributed by atoms with Crippen molar-refractivity contribution < 1.29 is 4.74 Å². The molecule has 68 valence electrons. The number of ether oxygens (including phenoxy) is 1. The average Bonchev–Trinajstić information content (AvgIpc) is 2.18. The van der Waals surface area contributed by atoms with Crippen molar-refractivity contribution in [1.29, 1.82) is 0 Å². The molecule has 1 rings (SSSR count). The summed E-state index contributed by atoms with van der Waals surface area (Å²) in [5.41, 5.74) is 1.16. The first-order valence-electron chi connectivity index (χ1n) is 4.25. The molecule has 0 aromatic heterocycles. The number of nitrogens with zero attached hydrogens (tertiary/aromatic N) is 1. The normalized spacial score (nSPS) is 11.8. The summed E-state index contributed by atoms with van der Waals surface area (Å²) in [4.78, 5) is 3.38. The van der Waals surface area contributed by atoms with Gasteiger partial charge in [0.15, 0.2) is 0 Å². The van der Waals surface area contributed by atoms with Crippen molar-refractivity contribution in [2.24, 2.45) is 0 Å². The summed E-state index contributed by atoms with van der Waals surface area (Å²) in [5, 5.41) is 0. The van der Waals surface area contributed by atoms with Gasteiger partial charge in [-0.05, 0) is 17.7 Å². The highest BCUT2D eigenvalue weighted by atomic mass is 16.5. The fourth-order valence-corrected chi connectivity index (χ4v) is 1.19. The zero-order valence-electron chi connectivity index (χ0n) is 7.95. The van der Waals surface area contributed by atoms with Crippen LogP contribution in [0, 0.1) is 6.57 Å². The predicted octanol–water partition coefficient (Wildman–Crippen LogP) is 2.72. The molecule has 13 heavy (non-hydrogen) atoms. The predicted molar refractivity (Wildman–Crippen MR) is 52.9 cm³/mol. The van der Waals surface area contributed by atoms with Crippen LogP contribution in [0.5, 0.6) is 5.75 Å². The fraction of sp³-hybridized carbons (Fsp3) is 0.364. The van der Waals surface area contributed by atoms with Crippen LogP contribution < -0.4 is 4.74 Å². The van der Waals surface area contributed by atoms with Gasteiger partial charge in [-0.2, -0.15) is 0 Å². The van der Waals surface area contributed by atoms with Gasteiger partial charge >= 0.3 is 0 Å². The van der Waals surface area contributed by atoms with Gasteiger partial charge in [0.2, 0.25) is 6.54 Å². The maximum Gasteiger partial charge on any atom is 0.221 e. The molecule has 0 saturated heterocycles. The fourth-order valence-electron chi connectivity index (χ4n) is 1.19. The van der Waals surface area contributed by atoms with Gasteiger partial charge in [-0.25, -0.2) is 6.57 Å². The summed E-state index contributed by atoms with van der Waals surface area (Å²) >= 11 is 0. The lowest BCUT2D eigenvalue weighted by atomic mass is 10.0. The number of benzene rings is 1. The molecule has 1 aromatic carbocycles. The number of hydrogen-bond donors (Lipinski definition) is 0. The molecule has 0 aliphatic heterocycles. The molecule has 0 aliphatic carbocycles. The SMILES string of the molecule is [C-]#[N+]CC(C)c1cccc(OC)c1. The van der Waals surface area contributed by atoms with E-state index in [1.165, 1.54) is 0 Å². The van der Waals surface area contributed by atoms with Crippen LogP contribution in [0.25, 0.3) is 4.85 Å². The summed E-state index contributed by atoms with van der Waals surface area (Å²) in [6, 6.07) is 7.87. The Hall–Kier alpha value is -1.49. The van der Waals surface area contributed by atoms with Crippen molar-refractivity contribution in [1.82, 2.24) is 0 Å². The van der Waals surface area contributed by atoms with Crippen molar-refractivity contribution in [2.45, 2.75) is 12.8 Å². The molecule has 0 spiro atoms. The second-order valence-corrected chi connectivity index (χ2v) is 3.02. The van der Waals surface area contributed by atoms with Crippen LogP contribution in [0.3, 0.4) is 0 Å². The Balaban J connectivity index is 2.83. The summed E-state index contributed by atoms with van der Waals surface area (Å²) < 4.78 is 5.11. The molecule has 2 nitrogen and oxygen atoms in total. The Morgan fingerprint density at radius 2 is 2.31 bits per heavy atom. The van der Waals surface area contributed by atoms with Crippen molar-refractivity contribution in [3.05, 3.63) is 41.2 Å². The van der Waals surface area contributed by atoms with Crippen molar-refractivity contribution >= 4 is 0 Å². The van der Waals surface area contributed by atoms with Gasteiger partial charge in [0.1, 0.15) is 5.75 Å². The lowest BCUT2D eigenvalue weighted by Gasteiger charge is -2.06. The Labute approximate surface area is 79.0 Å². The second kappa shape index (κ2) is 4.51. The van der Waals surface area contributed by atoms with Crippen LogP contribution in [0.1, 0.15) is 18.4 Å². The van der Waals surface area contributed by atoms with Crippen molar-refractivity contribution in [2.75, 3.05) is 13.7 Å². The van der Waals surface area contributed by atoms with Crippen LogP contribution in [0.15, 0.2) is 24.3 Å². The third kappa shape index (κ3) is 2.48. The topological polar surface area (TPSA) is 13.6 Å². The summed E-state index contributed by atoms with van der Waals surface area (Å²) in [6.45, 7) is 9.36. The van der Waals surface area contributed by atoms with Gasteiger partial charge in [0.25, 0.3) is 0 Å². The van der Waals surface area contributed by atoms with Crippen LogP contribution in [0.4, 0.5) is 0 Å². The molecule has 0 heterocycles. The highest BCUT2D eigenvalue weighted by Crippen LogP contribution is 2.20. The molecule has 1 atom stereocenters. The first-order chi connectivity index (χ1) is 6.27. The molecule has 1 unspecified atom stereocenters. The minimum Gasteiger partial charge on any atom is -0.497 e. The van der Waals surface area contributed by atoms with E-state index in [1.807, 2.05) is 31.2 Å². The van der Waals surface area contributed by atoms with Crippen LogP contribution in [-0.4, -0.2) is 13.7 Å². The average molecular weight is 175 g/mol. The molecule has 0 bridgehead atoms. The summed E-state index contributed by atoms with van der Waals surface area (Å²) in [6.07, 6.45) is 0. The molecule has 0 amide bonds. The number of methoxy groups -OCH3 is 1. The molecule has 0 aliphatic rings. The molecule has 0 fully saturated rings. The highest BCUT2D eigenvalue weighted by Gasteiger charge is 2.07. The second-order valence-electron chi connectivity index (χ2n) is 3.02. The van der Waals surface area contributed by atoms with E-state index in [2.05, 4.69) is 4.85 Å². The van der Waals surface area contributed by atoms with E-state index in [1.54, 1.807) is 7.11 Å². The van der Waals surface area contributed by atoms with E-state index in [9.17, 15) is 0 Å². The third-order valence-corrected chi connectivity index (χ3v) is 2.03. The first-order valence-corrected chi connectivity index (χ1v) is 4.25. The highest BCUT2D eigenvalue weighted by molar-refractivity contribution is 5.30. The van der Waals surface area contributed by atoms with Gasteiger partial charge in [-0.1, -0.05) is 19.1 Å². The van der Waals surface area contributed by atoms with Gasteiger partial charge in [-0.15, -0.1) is 0 Å². The van der Waals surface area contributed by atoms with E-state index in [0.29, 0.717) is 6.54 Å². The number of hydrogen-bond acceptors (Lipinski definition) is 1. The molecular weight excluding hydrogens is 162 g/mol. The van der Waals surface area contributed by atoms with Crippen LogP contribution in [-0.2, 0) is 0 Å². The Bertz CT molecular complexity index is 314. The minimum atomic E-state index is 0.285. The van der Waals surface area contributed by atoms with Crippen molar-refractivity contribution in [3.8, 4) is 5.75 Å². The van der Waals surface area contributed by atoms with E-state index in [-0.39, 0.29) is 5.92 Å². The van der Waals surface area contributed by atoms with Crippen LogP contribution >= 0.6 is 0 Å². The zero-order valence-corrected chi connectivity index (χ0v) is 7.95. The Morgan fingerprint density at radius 3 is 2.92 bits per heavy atom. The minimum absolute atomic E-state index is 0.285. The molecule has 0 N–H and O–H groups in total. The van der Waals surface area contributed by atoms with E-state index < -0.39 is 0 Å². The largest absolute Gasteiger partial charge is 0.497 e. The van der Waals surface area contributed by atoms with E-state index in [0.717, 1.165) is 11.3 Å². The lowest BCUT2D eigenvalue weighted by molar-refractivity contribution is 0.414. The lowest BCUT2D eigenvalue weighted by Crippen LogP contribution is -1.96. The van der Waals surface area contributed by atoms with E-state index in [4.69, 9.17) is 11.3 Å². The molecule has 2 heteroatoms. The van der Waals surface area contributed by atoms with Crippen molar-refractivity contribution in [3.63, 3.8) is 0 Å². The monoisotopic (exact) mass is 175 g/mol. The maximum absolute atomic E-state index is 6.77. The standard InChI is InChI=1S/C11H13NO/c1-9(8-12-2)10-5-4-6-11(7-10)13-3/h4-7,9H,8H2,1,3H3. The van der Waals surface area contributed by atoms with Gasteiger partial charge < -0.3 is 9.58 Å². The van der Waals surface area contributed by atoms with Gasteiger partial charge in [-0.3, -0.25) is 0 Å². The van der Waals surface area contributed by atoms with Gasteiger partial charge in [0, 0.05) is 0 Å². The zero-order chi connectivity index (χ0) is 9.68. The summed E-state index contributed by atoms with van der Waals surface area (Å²) in [5.74, 6) is 1.14. The van der Waals surface area contributed by atoms with E-state index >= 15 is 0 Å². The smallest absolute Gasteiger partial charge is 0.221 e. The molecule has 0 saturated carbocycles. The molecule has 0 radical (unpaired) electrons. The number of rotatable bonds is 3. The first kappa shape index (κ1) is 9.60. The third-order valence-electron chi connectivity index (χ3n) is 2.03. The Kier molecular flexibility index (Phi) is 3.33. The van der Waals surface area contributed by atoms with Gasteiger partial charge in [0.05, 0.1) is 13.0 Å².